The third-order valence-electron chi connectivity index (χ3n) is 2.43. The van der Waals surface area contributed by atoms with E-state index in [0.717, 1.165) is 12.1 Å². The number of para-hydroxylation sites is 1. The SMILES string of the molecule is Fc1ccc(Br)cc1CNc1c(F)cccc1F. The third-order valence-corrected chi connectivity index (χ3v) is 2.92. The molecule has 0 heterocycles. The van der Waals surface area contributed by atoms with E-state index in [2.05, 4.69) is 21.2 Å². The number of nitrogens with one attached hydrogen (secondary N) is 1. The minimum absolute atomic E-state index is 0.00310. The van der Waals surface area contributed by atoms with Crippen LogP contribution in [0, 0.1) is 17.5 Å². The molecule has 0 aliphatic heterocycles. The lowest BCUT2D eigenvalue weighted by molar-refractivity contribution is 0.585. The maximum Gasteiger partial charge on any atom is 0.149 e. The zero-order valence-electron chi connectivity index (χ0n) is 9.18. The van der Waals surface area contributed by atoms with E-state index in [0.29, 0.717) is 10.0 Å². The minimum Gasteiger partial charge on any atom is -0.376 e. The second-order valence-electron chi connectivity index (χ2n) is 3.69. The normalized spacial score (nSPS) is 10.4. The van der Waals surface area contributed by atoms with E-state index in [1.165, 1.54) is 12.1 Å². The molecule has 0 atom stereocenters. The van der Waals surface area contributed by atoms with Gasteiger partial charge in [0.15, 0.2) is 0 Å². The largest absolute Gasteiger partial charge is 0.376 e. The zero-order valence-corrected chi connectivity index (χ0v) is 10.8. The molecule has 2 aromatic carbocycles. The van der Waals surface area contributed by atoms with Crippen LogP contribution in [0.15, 0.2) is 40.9 Å². The first-order chi connectivity index (χ1) is 8.58. The van der Waals surface area contributed by atoms with E-state index >= 15 is 0 Å². The molecule has 0 saturated carbocycles. The third kappa shape index (κ3) is 2.85. The molecule has 0 unspecified atom stereocenters. The number of rotatable bonds is 3. The van der Waals surface area contributed by atoms with Crippen molar-refractivity contribution in [1.29, 1.82) is 0 Å². The van der Waals surface area contributed by atoms with Crippen LogP contribution in [0.4, 0.5) is 18.9 Å². The second-order valence-corrected chi connectivity index (χ2v) is 4.60. The van der Waals surface area contributed by atoms with Crippen LogP contribution in [0.1, 0.15) is 5.56 Å². The quantitative estimate of drug-likeness (QED) is 0.880. The summed E-state index contributed by atoms with van der Waals surface area (Å²) in [4.78, 5) is 0. The van der Waals surface area contributed by atoms with Crippen molar-refractivity contribution in [1.82, 2.24) is 0 Å². The molecule has 0 bridgehead atoms. The second kappa shape index (κ2) is 5.44. The molecule has 94 valence electrons. The highest BCUT2D eigenvalue weighted by Crippen LogP contribution is 2.21. The summed E-state index contributed by atoms with van der Waals surface area (Å²) < 4.78 is 40.8. The molecular weight excluding hydrogens is 307 g/mol. The molecule has 0 aliphatic rings. The lowest BCUT2D eigenvalue weighted by Crippen LogP contribution is -2.05. The van der Waals surface area contributed by atoms with Gasteiger partial charge in [-0.25, -0.2) is 13.2 Å². The van der Waals surface area contributed by atoms with Crippen LogP contribution < -0.4 is 5.32 Å². The van der Waals surface area contributed by atoms with Gasteiger partial charge in [-0.1, -0.05) is 22.0 Å². The molecule has 0 saturated heterocycles. The molecule has 0 amide bonds. The predicted octanol–water partition coefficient (Wildman–Crippen LogP) is 4.48. The van der Waals surface area contributed by atoms with Crippen LogP contribution in [0.5, 0.6) is 0 Å². The smallest absolute Gasteiger partial charge is 0.149 e. The average molecular weight is 316 g/mol. The van der Waals surface area contributed by atoms with Gasteiger partial charge in [0, 0.05) is 16.6 Å². The van der Waals surface area contributed by atoms with Crippen molar-refractivity contribution in [3.8, 4) is 0 Å². The van der Waals surface area contributed by atoms with Crippen molar-refractivity contribution in [2.75, 3.05) is 5.32 Å². The Kier molecular flexibility index (Phi) is 3.91. The molecule has 2 aromatic rings. The Hall–Kier alpha value is -1.49. The Morgan fingerprint density at radius 3 is 2.28 bits per heavy atom. The number of hydrogen-bond donors (Lipinski definition) is 1. The van der Waals surface area contributed by atoms with Crippen LogP contribution >= 0.6 is 15.9 Å². The number of anilines is 1. The van der Waals surface area contributed by atoms with E-state index in [1.54, 1.807) is 12.1 Å². The highest BCUT2D eigenvalue weighted by molar-refractivity contribution is 9.10. The fourth-order valence-corrected chi connectivity index (χ4v) is 1.94. The summed E-state index contributed by atoms with van der Waals surface area (Å²) >= 11 is 3.21. The highest BCUT2D eigenvalue weighted by Gasteiger charge is 2.09. The fraction of sp³-hybridized carbons (Fsp3) is 0.0769. The van der Waals surface area contributed by atoms with E-state index in [1.807, 2.05) is 0 Å². The van der Waals surface area contributed by atoms with Crippen LogP contribution in [0.2, 0.25) is 0 Å². The topological polar surface area (TPSA) is 12.0 Å². The summed E-state index contributed by atoms with van der Waals surface area (Å²) in [6.45, 7) is 0.00310. The van der Waals surface area contributed by atoms with Gasteiger partial charge in [0.25, 0.3) is 0 Å². The number of hydrogen-bond acceptors (Lipinski definition) is 1. The van der Waals surface area contributed by atoms with Crippen LogP contribution in [-0.2, 0) is 6.54 Å². The summed E-state index contributed by atoms with van der Waals surface area (Å²) in [6, 6.07) is 7.96. The van der Waals surface area contributed by atoms with Gasteiger partial charge in [-0.2, -0.15) is 0 Å². The summed E-state index contributed by atoms with van der Waals surface area (Å²) in [5.41, 5.74) is 0.0731. The summed E-state index contributed by atoms with van der Waals surface area (Å²) in [5.74, 6) is -1.83. The Morgan fingerprint density at radius 1 is 0.944 bits per heavy atom. The monoisotopic (exact) mass is 315 g/mol. The molecule has 18 heavy (non-hydrogen) atoms. The molecule has 5 heteroatoms. The average Bonchev–Trinajstić information content (AvgIpc) is 2.33. The molecule has 0 aromatic heterocycles. The van der Waals surface area contributed by atoms with Gasteiger partial charge in [-0.3, -0.25) is 0 Å². The van der Waals surface area contributed by atoms with Crippen LogP contribution in [-0.4, -0.2) is 0 Å². The summed E-state index contributed by atoms with van der Waals surface area (Å²) in [7, 11) is 0. The first kappa shape index (κ1) is 13.0. The predicted molar refractivity (Wildman–Crippen MR) is 67.8 cm³/mol. The van der Waals surface area contributed by atoms with Crippen molar-refractivity contribution in [3.63, 3.8) is 0 Å². The maximum atomic E-state index is 13.4. The lowest BCUT2D eigenvalue weighted by Gasteiger charge is -2.09. The zero-order chi connectivity index (χ0) is 13.1. The highest BCUT2D eigenvalue weighted by atomic mass is 79.9. The van der Waals surface area contributed by atoms with Gasteiger partial charge >= 0.3 is 0 Å². The van der Waals surface area contributed by atoms with E-state index < -0.39 is 17.5 Å². The molecular formula is C13H9BrF3N. The first-order valence-electron chi connectivity index (χ1n) is 5.20. The van der Waals surface area contributed by atoms with Gasteiger partial charge in [0.1, 0.15) is 23.1 Å². The van der Waals surface area contributed by atoms with Crippen LogP contribution in [0.3, 0.4) is 0 Å². The number of halogens is 4. The molecule has 0 radical (unpaired) electrons. The minimum atomic E-state index is -0.703. The van der Waals surface area contributed by atoms with E-state index in [9.17, 15) is 13.2 Å². The molecule has 0 spiro atoms. The lowest BCUT2D eigenvalue weighted by atomic mass is 10.2. The standard InChI is InChI=1S/C13H9BrF3N/c14-9-4-5-10(15)8(6-9)7-18-13-11(16)2-1-3-12(13)17/h1-6,18H,7H2. The van der Waals surface area contributed by atoms with Crippen molar-refractivity contribution in [2.24, 2.45) is 0 Å². The molecule has 2 rings (SSSR count). The van der Waals surface area contributed by atoms with E-state index in [4.69, 9.17) is 0 Å². The van der Waals surface area contributed by atoms with Crippen molar-refractivity contribution in [2.45, 2.75) is 6.54 Å². The van der Waals surface area contributed by atoms with Gasteiger partial charge in [0.2, 0.25) is 0 Å². The summed E-state index contributed by atoms with van der Waals surface area (Å²) in [6.07, 6.45) is 0. The fourth-order valence-electron chi connectivity index (χ4n) is 1.53. The molecule has 0 aliphatic carbocycles. The molecule has 0 fully saturated rings. The summed E-state index contributed by atoms with van der Waals surface area (Å²) in [5, 5.41) is 2.55. The Bertz CT molecular complexity index is 552. The van der Waals surface area contributed by atoms with Gasteiger partial charge in [0.05, 0.1) is 0 Å². The maximum absolute atomic E-state index is 13.4. The van der Waals surface area contributed by atoms with Crippen molar-refractivity contribution in [3.05, 3.63) is 63.9 Å². The number of benzene rings is 2. The van der Waals surface area contributed by atoms with E-state index in [-0.39, 0.29) is 12.2 Å². The van der Waals surface area contributed by atoms with Crippen LogP contribution in [0.25, 0.3) is 0 Å². The van der Waals surface area contributed by atoms with Gasteiger partial charge < -0.3 is 5.32 Å². The Balaban J connectivity index is 2.19. The molecule has 1 N–H and O–H groups in total. The van der Waals surface area contributed by atoms with Gasteiger partial charge in [-0.15, -0.1) is 0 Å². The molecule has 1 nitrogen and oxygen atoms in total. The van der Waals surface area contributed by atoms with Crippen molar-refractivity contribution >= 4 is 21.6 Å². The van der Waals surface area contributed by atoms with Crippen molar-refractivity contribution < 1.29 is 13.2 Å². The Morgan fingerprint density at radius 2 is 1.61 bits per heavy atom. The van der Waals surface area contributed by atoms with Gasteiger partial charge in [-0.05, 0) is 30.3 Å². The first-order valence-corrected chi connectivity index (χ1v) is 5.99. The Labute approximate surface area is 111 Å².